The van der Waals surface area contributed by atoms with Gasteiger partial charge in [-0.3, -0.25) is 4.79 Å². The van der Waals surface area contributed by atoms with Crippen LogP contribution in [-0.4, -0.2) is 12.5 Å². The van der Waals surface area contributed by atoms with E-state index in [2.05, 4.69) is 22.5 Å². The number of carbonyl (C=O) groups excluding carboxylic acids is 1. The summed E-state index contributed by atoms with van der Waals surface area (Å²) < 4.78 is 12.8. The molecule has 0 saturated heterocycles. The third-order valence-electron chi connectivity index (χ3n) is 3.82. The first-order chi connectivity index (χ1) is 13.2. The molecular formula is C23H19FN2O. The van der Waals surface area contributed by atoms with Crippen LogP contribution in [0.3, 0.4) is 0 Å². The van der Waals surface area contributed by atoms with Gasteiger partial charge in [0.1, 0.15) is 5.82 Å². The van der Waals surface area contributed by atoms with E-state index in [9.17, 15) is 9.18 Å². The van der Waals surface area contributed by atoms with Crippen LogP contribution in [0.1, 0.15) is 16.7 Å². The molecule has 0 aliphatic rings. The summed E-state index contributed by atoms with van der Waals surface area (Å²) in [5.74, 6) is 5.78. The largest absolute Gasteiger partial charge is 0.325 e. The van der Waals surface area contributed by atoms with E-state index in [4.69, 9.17) is 0 Å². The van der Waals surface area contributed by atoms with Crippen molar-refractivity contribution in [3.63, 3.8) is 0 Å². The zero-order chi connectivity index (χ0) is 18.9. The van der Waals surface area contributed by atoms with Crippen molar-refractivity contribution in [2.45, 2.75) is 6.54 Å². The average Bonchev–Trinajstić information content (AvgIpc) is 2.70. The molecule has 3 nitrogen and oxygen atoms in total. The summed E-state index contributed by atoms with van der Waals surface area (Å²) >= 11 is 0. The van der Waals surface area contributed by atoms with Crippen molar-refractivity contribution in [2.75, 3.05) is 11.9 Å². The summed E-state index contributed by atoms with van der Waals surface area (Å²) in [6.07, 6.45) is 0. The molecule has 4 heteroatoms. The van der Waals surface area contributed by atoms with Crippen molar-refractivity contribution >= 4 is 11.6 Å². The molecule has 0 aliphatic heterocycles. The van der Waals surface area contributed by atoms with E-state index in [1.54, 1.807) is 12.1 Å². The summed E-state index contributed by atoms with van der Waals surface area (Å²) in [6, 6.07) is 23.4. The number of hydrogen-bond acceptors (Lipinski definition) is 2. The van der Waals surface area contributed by atoms with Gasteiger partial charge in [-0.25, -0.2) is 4.39 Å². The second kappa shape index (κ2) is 9.33. The normalized spacial score (nSPS) is 9.96. The van der Waals surface area contributed by atoms with Crippen LogP contribution in [0.5, 0.6) is 0 Å². The molecule has 0 saturated carbocycles. The molecule has 2 N–H and O–H groups in total. The number of halogens is 1. The number of anilines is 1. The first-order valence-corrected chi connectivity index (χ1v) is 8.61. The third-order valence-corrected chi connectivity index (χ3v) is 3.82. The molecule has 27 heavy (non-hydrogen) atoms. The lowest BCUT2D eigenvalue weighted by Crippen LogP contribution is -2.27. The molecule has 0 aliphatic carbocycles. The Morgan fingerprint density at radius 1 is 0.815 bits per heavy atom. The van der Waals surface area contributed by atoms with Crippen LogP contribution in [0.4, 0.5) is 10.1 Å². The number of rotatable bonds is 5. The van der Waals surface area contributed by atoms with Gasteiger partial charge >= 0.3 is 0 Å². The lowest BCUT2D eigenvalue weighted by Gasteiger charge is -2.07. The Morgan fingerprint density at radius 3 is 2.11 bits per heavy atom. The summed E-state index contributed by atoms with van der Waals surface area (Å²) in [5, 5.41) is 5.86. The molecule has 3 aromatic rings. The highest BCUT2D eigenvalue weighted by molar-refractivity contribution is 5.92. The number of nitrogens with one attached hydrogen (secondary N) is 2. The monoisotopic (exact) mass is 358 g/mol. The first kappa shape index (κ1) is 18.4. The van der Waals surface area contributed by atoms with Crippen molar-refractivity contribution in [2.24, 2.45) is 0 Å². The number of benzene rings is 3. The maximum absolute atomic E-state index is 12.8. The van der Waals surface area contributed by atoms with E-state index < -0.39 is 0 Å². The minimum absolute atomic E-state index is 0.139. The van der Waals surface area contributed by atoms with Crippen LogP contribution in [0.2, 0.25) is 0 Å². The number of hydrogen-bond donors (Lipinski definition) is 2. The Hall–Kier alpha value is -3.42. The maximum Gasteiger partial charge on any atom is 0.238 e. The highest BCUT2D eigenvalue weighted by Gasteiger charge is 2.02. The van der Waals surface area contributed by atoms with Gasteiger partial charge in [0.25, 0.3) is 0 Å². The van der Waals surface area contributed by atoms with Gasteiger partial charge in [0, 0.05) is 23.4 Å². The van der Waals surface area contributed by atoms with Crippen LogP contribution in [-0.2, 0) is 11.3 Å². The molecule has 3 rings (SSSR count). The van der Waals surface area contributed by atoms with Gasteiger partial charge in [-0.15, -0.1) is 0 Å². The van der Waals surface area contributed by atoms with Crippen LogP contribution in [0.25, 0.3) is 0 Å². The zero-order valence-electron chi connectivity index (χ0n) is 14.7. The van der Waals surface area contributed by atoms with Gasteiger partial charge in [-0.05, 0) is 54.1 Å². The fourth-order valence-electron chi connectivity index (χ4n) is 2.43. The fourth-order valence-corrected chi connectivity index (χ4v) is 2.43. The fraction of sp³-hybridized carbons (Fsp3) is 0.0870. The van der Waals surface area contributed by atoms with Crippen molar-refractivity contribution in [1.29, 1.82) is 0 Å². The van der Waals surface area contributed by atoms with Gasteiger partial charge in [-0.2, -0.15) is 0 Å². The molecular weight excluding hydrogens is 339 g/mol. The topological polar surface area (TPSA) is 41.1 Å². The molecule has 0 aromatic heterocycles. The minimum atomic E-state index is -0.270. The Morgan fingerprint density at radius 2 is 1.44 bits per heavy atom. The third kappa shape index (κ3) is 6.10. The Labute approximate surface area is 158 Å². The van der Waals surface area contributed by atoms with E-state index in [0.29, 0.717) is 12.2 Å². The van der Waals surface area contributed by atoms with Crippen molar-refractivity contribution in [3.05, 3.63) is 101 Å². The maximum atomic E-state index is 12.8. The minimum Gasteiger partial charge on any atom is -0.325 e. The summed E-state index contributed by atoms with van der Waals surface area (Å²) in [5.41, 5.74) is 3.48. The van der Waals surface area contributed by atoms with E-state index in [1.165, 1.54) is 12.1 Å². The molecule has 0 spiro atoms. The molecule has 0 bridgehead atoms. The number of carbonyl (C=O) groups is 1. The SMILES string of the molecule is O=C(CNCc1ccc(F)cc1)Nc1ccc(C#Cc2ccccc2)cc1. The Balaban J connectivity index is 1.47. The van der Waals surface area contributed by atoms with Crippen molar-refractivity contribution in [3.8, 4) is 11.8 Å². The van der Waals surface area contributed by atoms with Gasteiger partial charge < -0.3 is 10.6 Å². The van der Waals surface area contributed by atoms with E-state index in [1.807, 2.05) is 54.6 Å². The van der Waals surface area contributed by atoms with Crippen molar-refractivity contribution in [1.82, 2.24) is 5.32 Å². The summed E-state index contributed by atoms with van der Waals surface area (Å²) in [4.78, 5) is 12.0. The van der Waals surface area contributed by atoms with Crippen LogP contribution in [0, 0.1) is 17.7 Å². The lowest BCUT2D eigenvalue weighted by molar-refractivity contribution is -0.115. The highest BCUT2D eigenvalue weighted by atomic mass is 19.1. The van der Waals surface area contributed by atoms with Crippen LogP contribution in [0.15, 0.2) is 78.9 Å². The highest BCUT2D eigenvalue weighted by Crippen LogP contribution is 2.09. The van der Waals surface area contributed by atoms with Crippen LogP contribution >= 0.6 is 0 Å². The molecule has 0 unspecified atom stereocenters. The zero-order valence-corrected chi connectivity index (χ0v) is 14.7. The second-order valence-corrected chi connectivity index (χ2v) is 5.97. The van der Waals surface area contributed by atoms with Gasteiger partial charge in [0.2, 0.25) is 5.91 Å². The molecule has 0 radical (unpaired) electrons. The molecule has 0 fully saturated rings. The van der Waals surface area contributed by atoms with E-state index >= 15 is 0 Å². The molecule has 0 atom stereocenters. The van der Waals surface area contributed by atoms with E-state index in [0.717, 1.165) is 16.7 Å². The summed E-state index contributed by atoms with van der Waals surface area (Å²) in [6.45, 7) is 0.675. The predicted octanol–water partition coefficient (Wildman–Crippen LogP) is 3.95. The molecule has 1 amide bonds. The van der Waals surface area contributed by atoms with Gasteiger partial charge in [0.05, 0.1) is 6.54 Å². The van der Waals surface area contributed by atoms with Crippen molar-refractivity contribution < 1.29 is 9.18 Å². The Kier molecular flexibility index (Phi) is 6.35. The Bertz CT molecular complexity index is 940. The predicted molar refractivity (Wildman–Crippen MR) is 106 cm³/mol. The first-order valence-electron chi connectivity index (χ1n) is 8.61. The quantitative estimate of drug-likeness (QED) is 0.678. The number of amides is 1. The molecule has 3 aromatic carbocycles. The van der Waals surface area contributed by atoms with Crippen LogP contribution < -0.4 is 10.6 Å². The second-order valence-electron chi connectivity index (χ2n) is 5.97. The van der Waals surface area contributed by atoms with Gasteiger partial charge in [0.15, 0.2) is 0 Å². The molecule has 134 valence electrons. The lowest BCUT2D eigenvalue weighted by atomic mass is 10.1. The molecule has 0 heterocycles. The standard InChI is InChI=1S/C23H19FN2O/c24-21-12-8-20(9-13-21)16-25-17-23(27)26-22-14-10-19(11-15-22)7-6-18-4-2-1-3-5-18/h1-5,8-15,25H,16-17H2,(H,26,27). The summed E-state index contributed by atoms with van der Waals surface area (Å²) in [7, 11) is 0. The average molecular weight is 358 g/mol. The smallest absolute Gasteiger partial charge is 0.238 e. The van der Waals surface area contributed by atoms with E-state index in [-0.39, 0.29) is 18.3 Å². The van der Waals surface area contributed by atoms with Gasteiger partial charge in [-0.1, -0.05) is 42.2 Å².